The second kappa shape index (κ2) is 11.6. The second-order valence-electron chi connectivity index (χ2n) is 7.97. The van der Waals surface area contributed by atoms with Crippen LogP contribution >= 0.6 is 11.8 Å². The average molecular weight is 531 g/mol. The number of aromatic nitrogens is 3. The summed E-state index contributed by atoms with van der Waals surface area (Å²) in [6.07, 6.45) is -4.46. The first-order valence-corrected chi connectivity index (χ1v) is 12.1. The monoisotopic (exact) mass is 530 g/mol. The van der Waals surface area contributed by atoms with Gasteiger partial charge in [-0.3, -0.25) is 9.36 Å². The van der Waals surface area contributed by atoms with Crippen molar-refractivity contribution in [3.05, 3.63) is 107 Å². The Balaban J connectivity index is 1.49. The largest absolute Gasteiger partial charge is 0.416 e. The van der Waals surface area contributed by atoms with E-state index in [2.05, 4.69) is 15.5 Å². The number of amides is 1. The van der Waals surface area contributed by atoms with Crippen LogP contribution in [-0.4, -0.2) is 27.8 Å². The quantitative estimate of drug-likeness (QED) is 0.219. The highest BCUT2D eigenvalue weighted by Crippen LogP contribution is 2.30. The standard InChI is InChI=1S/C26H22F4N4O2S/c1-36-15-23-32-33-25(34(23)21-11-9-20(27)10-12-21)37-16-18-6-2-3-8-22(18)24(35)31-14-17-5-4-7-19(13-17)26(28,29)30/h2-13H,14-16H2,1H3,(H,31,35). The molecule has 192 valence electrons. The Bertz CT molecular complexity index is 1370. The first-order chi connectivity index (χ1) is 17.8. The van der Waals surface area contributed by atoms with Crippen LogP contribution in [0, 0.1) is 5.82 Å². The van der Waals surface area contributed by atoms with Crippen LogP contribution in [0.4, 0.5) is 17.6 Å². The SMILES string of the molecule is COCc1nnc(SCc2ccccc2C(=O)NCc2cccc(C(F)(F)F)c2)n1-c1ccc(F)cc1. The molecule has 1 N–H and O–H groups in total. The lowest BCUT2D eigenvalue weighted by Crippen LogP contribution is -2.24. The number of hydrogen-bond acceptors (Lipinski definition) is 5. The first-order valence-electron chi connectivity index (χ1n) is 11.1. The van der Waals surface area contributed by atoms with Crippen molar-refractivity contribution in [3.63, 3.8) is 0 Å². The molecule has 11 heteroatoms. The Morgan fingerprint density at radius 3 is 2.51 bits per heavy atom. The fraction of sp³-hybridized carbons (Fsp3) is 0.192. The van der Waals surface area contributed by atoms with E-state index in [0.717, 1.165) is 12.1 Å². The minimum Gasteiger partial charge on any atom is -0.377 e. The topological polar surface area (TPSA) is 69.0 Å². The highest BCUT2D eigenvalue weighted by molar-refractivity contribution is 7.98. The van der Waals surface area contributed by atoms with E-state index in [1.54, 1.807) is 41.0 Å². The van der Waals surface area contributed by atoms with Crippen molar-refractivity contribution in [2.24, 2.45) is 0 Å². The zero-order valence-corrected chi connectivity index (χ0v) is 20.4. The molecule has 4 rings (SSSR count). The number of nitrogens with one attached hydrogen (secondary N) is 1. The average Bonchev–Trinajstić information content (AvgIpc) is 3.29. The van der Waals surface area contributed by atoms with Gasteiger partial charge in [0.05, 0.1) is 5.56 Å². The third-order valence-corrected chi connectivity index (χ3v) is 6.36. The zero-order chi connectivity index (χ0) is 26.4. The fourth-order valence-electron chi connectivity index (χ4n) is 3.61. The number of ether oxygens (including phenoxy) is 1. The molecule has 1 amide bonds. The minimum atomic E-state index is -4.46. The summed E-state index contributed by atoms with van der Waals surface area (Å²) in [7, 11) is 1.53. The molecule has 6 nitrogen and oxygen atoms in total. The van der Waals surface area contributed by atoms with Gasteiger partial charge in [-0.2, -0.15) is 13.2 Å². The molecule has 37 heavy (non-hydrogen) atoms. The molecule has 0 fully saturated rings. The van der Waals surface area contributed by atoms with Crippen LogP contribution in [0.1, 0.15) is 32.9 Å². The molecule has 3 aromatic carbocycles. The molecule has 1 heterocycles. The molecule has 0 atom stereocenters. The van der Waals surface area contributed by atoms with E-state index < -0.39 is 17.6 Å². The molecular weight excluding hydrogens is 508 g/mol. The molecule has 0 saturated carbocycles. The van der Waals surface area contributed by atoms with Crippen LogP contribution in [0.5, 0.6) is 0 Å². The Morgan fingerprint density at radius 1 is 1.03 bits per heavy atom. The van der Waals surface area contributed by atoms with Crippen LogP contribution < -0.4 is 5.32 Å². The van der Waals surface area contributed by atoms with E-state index in [-0.39, 0.29) is 19.0 Å². The number of rotatable bonds is 9. The van der Waals surface area contributed by atoms with E-state index in [0.29, 0.717) is 39.1 Å². The van der Waals surface area contributed by atoms with Crippen molar-refractivity contribution in [3.8, 4) is 5.69 Å². The summed E-state index contributed by atoms with van der Waals surface area (Å²) in [4.78, 5) is 12.9. The second-order valence-corrected chi connectivity index (χ2v) is 8.91. The molecule has 0 aliphatic heterocycles. The third kappa shape index (κ3) is 6.55. The van der Waals surface area contributed by atoms with Crippen molar-refractivity contribution in [2.75, 3.05) is 7.11 Å². The summed E-state index contributed by atoms with van der Waals surface area (Å²) >= 11 is 1.33. The summed E-state index contributed by atoms with van der Waals surface area (Å²) in [6.45, 7) is 0.142. The lowest BCUT2D eigenvalue weighted by molar-refractivity contribution is -0.137. The van der Waals surface area contributed by atoms with Crippen LogP contribution in [0.2, 0.25) is 0 Å². The van der Waals surface area contributed by atoms with Crippen molar-refractivity contribution in [1.29, 1.82) is 0 Å². The number of thioether (sulfide) groups is 1. The van der Waals surface area contributed by atoms with Gasteiger partial charge in [-0.1, -0.05) is 42.1 Å². The van der Waals surface area contributed by atoms with Crippen molar-refractivity contribution in [1.82, 2.24) is 20.1 Å². The summed E-state index contributed by atoms with van der Waals surface area (Å²) in [5.41, 5.74) is 1.33. The Morgan fingerprint density at radius 2 is 1.78 bits per heavy atom. The van der Waals surface area contributed by atoms with Gasteiger partial charge >= 0.3 is 6.18 Å². The maximum Gasteiger partial charge on any atom is 0.416 e. The van der Waals surface area contributed by atoms with Gasteiger partial charge in [0.1, 0.15) is 12.4 Å². The Hall–Kier alpha value is -3.70. The molecule has 0 aliphatic carbocycles. The van der Waals surface area contributed by atoms with E-state index in [9.17, 15) is 22.4 Å². The Kier molecular flexibility index (Phi) is 8.24. The number of methoxy groups -OCH3 is 1. The molecule has 0 aliphatic rings. The fourth-order valence-corrected chi connectivity index (χ4v) is 4.59. The van der Waals surface area contributed by atoms with Gasteiger partial charge in [-0.25, -0.2) is 4.39 Å². The van der Waals surface area contributed by atoms with Gasteiger partial charge in [0.15, 0.2) is 11.0 Å². The minimum absolute atomic E-state index is 0.0521. The zero-order valence-electron chi connectivity index (χ0n) is 19.6. The predicted molar refractivity (Wildman–Crippen MR) is 131 cm³/mol. The summed E-state index contributed by atoms with van der Waals surface area (Å²) in [5.74, 6) is 0.112. The van der Waals surface area contributed by atoms with Gasteiger partial charge in [0.25, 0.3) is 5.91 Å². The van der Waals surface area contributed by atoms with Crippen molar-refractivity contribution >= 4 is 17.7 Å². The first kappa shape index (κ1) is 26.4. The lowest BCUT2D eigenvalue weighted by Gasteiger charge is -2.12. The molecular formula is C26H22F4N4O2S. The van der Waals surface area contributed by atoms with E-state index >= 15 is 0 Å². The maximum absolute atomic E-state index is 13.5. The smallest absolute Gasteiger partial charge is 0.377 e. The third-order valence-electron chi connectivity index (χ3n) is 5.38. The van der Waals surface area contributed by atoms with E-state index in [1.807, 2.05) is 0 Å². The molecule has 4 aromatic rings. The van der Waals surface area contributed by atoms with Gasteiger partial charge in [-0.05, 0) is 53.6 Å². The summed E-state index contributed by atoms with van der Waals surface area (Å²) in [5, 5.41) is 11.6. The maximum atomic E-state index is 13.5. The Labute approximate surface area is 214 Å². The van der Waals surface area contributed by atoms with Gasteiger partial charge in [0.2, 0.25) is 0 Å². The highest BCUT2D eigenvalue weighted by Gasteiger charge is 2.30. The number of carbonyl (C=O) groups excluding carboxylic acids is 1. The van der Waals surface area contributed by atoms with Crippen LogP contribution in [-0.2, 0) is 29.8 Å². The number of alkyl halides is 3. The predicted octanol–water partition coefficient (Wildman–Crippen LogP) is 5.79. The number of halogens is 4. The number of nitrogens with zero attached hydrogens (tertiary/aromatic N) is 3. The van der Waals surface area contributed by atoms with Gasteiger partial charge in [0, 0.05) is 30.7 Å². The van der Waals surface area contributed by atoms with E-state index in [1.165, 1.54) is 43.1 Å². The molecule has 0 radical (unpaired) electrons. The molecule has 0 spiro atoms. The molecule has 0 bridgehead atoms. The number of benzene rings is 3. The van der Waals surface area contributed by atoms with Crippen molar-refractivity contribution in [2.45, 2.75) is 30.2 Å². The normalized spacial score (nSPS) is 11.5. The van der Waals surface area contributed by atoms with Crippen LogP contribution in [0.25, 0.3) is 5.69 Å². The van der Waals surface area contributed by atoms with Gasteiger partial charge in [-0.15, -0.1) is 10.2 Å². The van der Waals surface area contributed by atoms with E-state index in [4.69, 9.17) is 4.74 Å². The molecule has 0 saturated heterocycles. The summed E-state index contributed by atoms with van der Waals surface area (Å²) < 4.78 is 59.4. The molecule has 1 aromatic heterocycles. The molecule has 0 unspecified atom stereocenters. The number of hydrogen-bond donors (Lipinski definition) is 1. The van der Waals surface area contributed by atoms with Crippen LogP contribution in [0.15, 0.2) is 78.0 Å². The number of carbonyl (C=O) groups is 1. The summed E-state index contributed by atoms with van der Waals surface area (Å²) in [6, 6.07) is 17.7. The highest BCUT2D eigenvalue weighted by atomic mass is 32.2. The van der Waals surface area contributed by atoms with Gasteiger partial charge < -0.3 is 10.1 Å². The lowest BCUT2D eigenvalue weighted by atomic mass is 10.1. The van der Waals surface area contributed by atoms with Crippen molar-refractivity contribution < 1.29 is 27.1 Å². The van der Waals surface area contributed by atoms with Crippen LogP contribution in [0.3, 0.4) is 0 Å².